The van der Waals surface area contributed by atoms with Crippen LogP contribution in [0.2, 0.25) is 5.02 Å². The van der Waals surface area contributed by atoms with Crippen LogP contribution >= 0.6 is 11.6 Å². The smallest absolute Gasteiger partial charge is 0.262 e. The molecule has 2 aromatic rings. The van der Waals surface area contributed by atoms with Crippen molar-refractivity contribution in [2.24, 2.45) is 0 Å². The average Bonchev–Trinajstić information content (AvgIpc) is 2.57. The van der Waals surface area contributed by atoms with Crippen LogP contribution in [0.5, 0.6) is 0 Å². The first-order valence-electron chi connectivity index (χ1n) is 6.87. The standard InChI is InChI=1S/C15H11ClF4N4OS/c1-24(26(22,25)11-4-9(6-21)7-23-8-11)14(15(18,19)20)10-2-3-12(16)13(17)5-10/h2-5,7-8,14,22H,1H3/t14-,26-/m1/s1. The third kappa shape index (κ3) is 3.95. The molecule has 0 unspecified atom stereocenters. The lowest BCUT2D eigenvalue weighted by molar-refractivity contribution is -0.170. The van der Waals surface area contributed by atoms with Gasteiger partial charge < -0.3 is 0 Å². The lowest BCUT2D eigenvalue weighted by atomic mass is 10.1. The number of halogens is 5. The SMILES string of the molecule is CN([C@H](c1ccc(Cl)c(F)c1)C(F)(F)F)[S@@](=N)(=O)c1cncc(C#N)c1. The maximum absolute atomic E-state index is 13.6. The normalized spacial score (nSPS) is 15.3. The highest BCUT2D eigenvalue weighted by Gasteiger charge is 2.47. The largest absolute Gasteiger partial charge is 0.409 e. The second kappa shape index (κ2) is 7.19. The van der Waals surface area contributed by atoms with E-state index in [1.807, 2.05) is 0 Å². The molecule has 0 saturated carbocycles. The fraction of sp³-hybridized carbons (Fsp3) is 0.200. The van der Waals surface area contributed by atoms with E-state index in [1.54, 1.807) is 6.07 Å². The van der Waals surface area contributed by atoms with Crippen LogP contribution < -0.4 is 0 Å². The maximum atomic E-state index is 13.6. The fourth-order valence-corrected chi connectivity index (χ4v) is 3.71. The highest BCUT2D eigenvalue weighted by molar-refractivity contribution is 7.90. The van der Waals surface area contributed by atoms with E-state index in [2.05, 4.69) is 4.98 Å². The lowest BCUT2D eigenvalue weighted by Gasteiger charge is -2.31. The van der Waals surface area contributed by atoms with E-state index < -0.39 is 33.5 Å². The number of nitrogens with zero attached hydrogens (tertiary/aromatic N) is 3. The first-order valence-corrected chi connectivity index (χ1v) is 8.76. The van der Waals surface area contributed by atoms with Crippen molar-refractivity contribution in [2.45, 2.75) is 17.1 Å². The van der Waals surface area contributed by atoms with Crippen molar-refractivity contribution in [3.63, 3.8) is 0 Å². The molecule has 0 radical (unpaired) electrons. The van der Waals surface area contributed by atoms with Gasteiger partial charge in [0.15, 0.2) is 0 Å². The topological polar surface area (TPSA) is 80.8 Å². The molecule has 1 heterocycles. The van der Waals surface area contributed by atoms with E-state index in [0.717, 1.165) is 37.6 Å². The van der Waals surface area contributed by atoms with E-state index in [-0.39, 0.29) is 19.8 Å². The fourth-order valence-electron chi connectivity index (χ4n) is 2.23. The number of nitrogens with one attached hydrogen (secondary N) is 1. The molecule has 11 heteroatoms. The Morgan fingerprint density at radius 2 is 2.00 bits per heavy atom. The van der Waals surface area contributed by atoms with Gasteiger partial charge in [-0.15, -0.1) is 0 Å². The molecule has 1 aromatic heterocycles. The molecule has 1 aromatic carbocycles. The molecular weight excluding hydrogens is 396 g/mol. The molecule has 0 saturated heterocycles. The van der Waals surface area contributed by atoms with Gasteiger partial charge in [-0.05, 0) is 23.8 Å². The molecule has 0 spiro atoms. The van der Waals surface area contributed by atoms with Gasteiger partial charge in [0.25, 0.3) is 0 Å². The summed E-state index contributed by atoms with van der Waals surface area (Å²) in [5.41, 5.74) is -0.622. The van der Waals surface area contributed by atoms with Crippen LogP contribution in [0.4, 0.5) is 17.6 Å². The van der Waals surface area contributed by atoms with Crippen LogP contribution in [0.25, 0.3) is 0 Å². The lowest BCUT2D eigenvalue weighted by Crippen LogP contribution is -2.39. The second-order valence-corrected chi connectivity index (χ2v) is 7.72. The van der Waals surface area contributed by atoms with Crippen LogP contribution in [-0.2, 0) is 9.92 Å². The molecular formula is C15H11ClF4N4OS. The zero-order chi connectivity index (χ0) is 19.7. The van der Waals surface area contributed by atoms with Crippen molar-refractivity contribution in [3.8, 4) is 6.07 Å². The van der Waals surface area contributed by atoms with Crippen molar-refractivity contribution < 1.29 is 21.8 Å². The van der Waals surface area contributed by atoms with Crippen molar-refractivity contribution >= 4 is 21.5 Å². The molecule has 1 N–H and O–H groups in total. The van der Waals surface area contributed by atoms with Crippen LogP contribution in [0.15, 0.2) is 41.6 Å². The summed E-state index contributed by atoms with van der Waals surface area (Å²) in [5, 5.41) is 8.48. The molecule has 0 fully saturated rings. The van der Waals surface area contributed by atoms with E-state index in [9.17, 15) is 21.8 Å². The van der Waals surface area contributed by atoms with Gasteiger partial charge in [0.2, 0.25) is 0 Å². The molecule has 0 aliphatic heterocycles. The number of hydrogen-bond donors (Lipinski definition) is 1. The van der Waals surface area contributed by atoms with Crippen molar-refractivity contribution in [1.82, 2.24) is 9.29 Å². The summed E-state index contributed by atoms with van der Waals surface area (Å²) in [6, 6.07) is 2.66. The Hall–Kier alpha value is -2.22. The minimum atomic E-state index is -4.96. The minimum absolute atomic E-state index is 0.0584. The van der Waals surface area contributed by atoms with E-state index in [0.29, 0.717) is 6.07 Å². The monoisotopic (exact) mass is 406 g/mol. The Kier molecular flexibility index (Phi) is 5.55. The highest BCUT2D eigenvalue weighted by Crippen LogP contribution is 2.40. The van der Waals surface area contributed by atoms with Gasteiger partial charge in [-0.3, -0.25) is 4.98 Å². The average molecular weight is 407 g/mol. The number of aromatic nitrogens is 1. The molecule has 0 bridgehead atoms. The van der Waals surface area contributed by atoms with Crippen LogP contribution in [-0.4, -0.2) is 26.7 Å². The van der Waals surface area contributed by atoms with E-state index in [4.69, 9.17) is 21.6 Å². The number of pyridine rings is 1. The third-order valence-electron chi connectivity index (χ3n) is 3.50. The molecule has 2 rings (SSSR count). The molecule has 2 atom stereocenters. The first kappa shape index (κ1) is 20.1. The van der Waals surface area contributed by atoms with Gasteiger partial charge in [-0.2, -0.15) is 18.4 Å². The summed E-state index contributed by atoms with van der Waals surface area (Å²) in [6.45, 7) is 0. The van der Waals surface area contributed by atoms with Crippen molar-refractivity contribution in [1.29, 1.82) is 10.0 Å². The van der Waals surface area contributed by atoms with Crippen LogP contribution in [0.3, 0.4) is 0 Å². The second-order valence-electron chi connectivity index (χ2n) is 5.21. The summed E-state index contributed by atoms with van der Waals surface area (Å²) in [4.78, 5) is 3.24. The number of rotatable bonds is 4. The summed E-state index contributed by atoms with van der Waals surface area (Å²) < 4.78 is 75.5. The first-order chi connectivity index (χ1) is 12.0. The highest BCUT2D eigenvalue weighted by atomic mass is 35.5. The maximum Gasteiger partial charge on any atom is 0.409 e. The molecule has 5 nitrogen and oxygen atoms in total. The zero-order valence-electron chi connectivity index (χ0n) is 13.1. The zero-order valence-corrected chi connectivity index (χ0v) is 14.7. The Labute approximate surface area is 151 Å². The quantitative estimate of drug-likeness (QED) is 0.768. The summed E-state index contributed by atoms with van der Waals surface area (Å²) in [7, 11) is -3.35. The molecule has 26 heavy (non-hydrogen) atoms. The molecule has 138 valence electrons. The van der Waals surface area contributed by atoms with Gasteiger partial charge in [-0.1, -0.05) is 17.7 Å². The molecule has 0 amide bonds. The Balaban J connectivity index is 2.57. The predicted octanol–water partition coefficient (Wildman–Crippen LogP) is 4.30. The minimum Gasteiger partial charge on any atom is -0.262 e. The number of alkyl halides is 3. The van der Waals surface area contributed by atoms with Gasteiger partial charge in [0.1, 0.15) is 27.8 Å². The van der Waals surface area contributed by atoms with Crippen molar-refractivity contribution in [2.75, 3.05) is 7.05 Å². The predicted molar refractivity (Wildman–Crippen MR) is 86.0 cm³/mol. The van der Waals surface area contributed by atoms with Gasteiger partial charge in [-0.25, -0.2) is 17.7 Å². The summed E-state index contributed by atoms with van der Waals surface area (Å²) in [5.74, 6) is -1.07. The summed E-state index contributed by atoms with van der Waals surface area (Å²) >= 11 is 5.50. The van der Waals surface area contributed by atoms with Crippen molar-refractivity contribution in [3.05, 3.63) is 58.6 Å². The van der Waals surface area contributed by atoms with Gasteiger partial charge in [0, 0.05) is 19.4 Å². The van der Waals surface area contributed by atoms with E-state index in [1.165, 1.54) is 0 Å². The Morgan fingerprint density at radius 3 is 2.54 bits per heavy atom. The van der Waals surface area contributed by atoms with Gasteiger partial charge in [0.05, 0.1) is 15.5 Å². The molecule has 0 aliphatic rings. The Bertz CT molecular complexity index is 972. The van der Waals surface area contributed by atoms with E-state index >= 15 is 0 Å². The van der Waals surface area contributed by atoms with Crippen LogP contribution in [0, 0.1) is 21.9 Å². The number of benzene rings is 1. The molecule has 0 aliphatic carbocycles. The van der Waals surface area contributed by atoms with Gasteiger partial charge >= 0.3 is 6.18 Å². The summed E-state index contributed by atoms with van der Waals surface area (Å²) in [6.07, 6.45) is -2.89. The Morgan fingerprint density at radius 1 is 1.35 bits per heavy atom. The third-order valence-corrected chi connectivity index (χ3v) is 5.69. The number of nitriles is 1. The number of hydrogen-bond acceptors (Lipinski definition) is 4. The van der Waals surface area contributed by atoms with Crippen LogP contribution in [0.1, 0.15) is 17.2 Å².